The highest BCUT2D eigenvalue weighted by Crippen LogP contribution is 2.35. The zero-order valence-corrected chi connectivity index (χ0v) is 15.8. The van der Waals surface area contributed by atoms with Crippen molar-refractivity contribution in [3.05, 3.63) is 109 Å². The Labute approximate surface area is 169 Å². The lowest BCUT2D eigenvalue weighted by molar-refractivity contribution is 1.20. The molecule has 3 aromatic carbocycles. The molecule has 0 saturated heterocycles. The SMILES string of the molecule is Nc1c(-c2ccc(N(c3ccccc3)c3ccccc3)cc2)nc2ccccn12. The zero-order valence-electron chi connectivity index (χ0n) is 15.8. The van der Waals surface area contributed by atoms with Gasteiger partial charge in [-0.25, -0.2) is 4.98 Å². The van der Waals surface area contributed by atoms with Crippen molar-refractivity contribution in [1.29, 1.82) is 0 Å². The number of hydrogen-bond donors (Lipinski definition) is 1. The van der Waals surface area contributed by atoms with Gasteiger partial charge >= 0.3 is 0 Å². The summed E-state index contributed by atoms with van der Waals surface area (Å²) in [5.74, 6) is 0.649. The number of fused-ring (bicyclic) bond motifs is 1. The fourth-order valence-corrected chi connectivity index (χ4v) is 3.60. The van der Waals surface area contributed by atoms with Crippen molar-refractivity contribution in [2.45, 2.75) is 0 Å². The fraction of sp³-hybridized carbons (Fsp3) is 0. The van der Waals surface area contributed by atoms with Crippen LogP contribution in [0.4, 0.5) is 22.9 Å². The molecular weight excluding hydrogens is 356 g/mol. The minimum Gasteiger partial charge on any atom is -0.383 e. The topological polar surface area (TPSA) is 46.6 Å². The standard InChI is InChI=1S/C25H20N4/c26-25-24(27-23-13-7-8-18-28(23)25)19-14-16-22(17-15-19)29(20-9-3-1-4-10-20)21-11-5-2-6-12-21/h1-18H,26H2. The van der Waals surface area contributed by atoms with Crippen LogP contribution in [0.5, 0.6) is 0 Å². The number of hydrogen-bond acceptors (Lipinski definition) is 3. The van der Waals surface area contributed by atoms with E-state index in [1.54, 1.807) is 0 Å². The van der Waals surface area contributed by atoms with Crippen LogP contribution in [0.15, 0.2) is 109 Å². The van der Waals surface area contributed by atoms with Gasteiger partial charge in [-0.15, -0.1) is 0 Å². The van der Waals surface area contributed by atoms with E-state index >= 15 is 0 Å². The lowest BCUT2D eigenvalue weighted by Crippen LogP contribution is -2.09. The van der Waals surface area contributed by atoms with E-state index in [1.165, 1.54) is 0 Å². The van der Waals surface area contributed by atoms with Crippen LogP contribution in [0.2, 0.25) is 0 Å². The summed E-state index contributed by atoms with van der Waals surface area (Å²) in [5, 5.41) is 0. The maximum atomic E-state index is 6.34. The van der Waals surface area contributed by atoms with Gasteiger partial charge in [0.05, 0.1) is 0 Å². The van der Waals surface area contributed by atoms with Crippen LogP contribution >= 0.6 is 0 Å². The van der Waals surface area contributed by atoms with Crippen molar-refractivity contribution in [1.82, 2.24) is 9.38 Å². The predicted octanol–water partition coefficient (Wildman–Crippen LogP) is 6.05. The highest BCUT2D eigenvalue weighted by molar-refractivity contribution is 5.80. The molecule has 2 N–H and O–H groups in total. The van der Waals surface area contributed by atoms with Gasteiger partial charge in [-0.3, -0.25) is 4.40 Å². The van der Waals surface area contributed by atoms with E-state index in [1.807, 2.05) is 40.9 Å². The summed E-state index contributed by atoms with van der Waals surface area (Å²) in [4.78, 5) is 6.93. The molecule has 0 bridgehead atoms. The average Bonchev–Trinajstić information content (AvgIpc) is 3.13. The molecule has 0 aliphatic carbocycles. The minimum absolute atomic E-state index is 0.649. The highest BCUT2D eigenvalue weighted by atomic mass is 15.1. The van der Waals surface area contributed by atoms with Crippen LogP contribution in [0.3, 0.4) is 0 Å². The number of pyridine rings is 1. The molecule has 0 amide bonds. The number of benzene rings is 3. The van der Waals surface area contributed by atoms with Crippen LogP contribution in [-0.4, -0.2) is 9.38 Å². The van der Waals surface area contributed by atoms with Gasteiger partial charge in [0.1, 0.15) is 17.2 Å². The molecule has 0 saturated carbocycles. The molecule has 0 aliphatic rings. The lowest BCUT2D eigenvalue weighted by atomic mass is 10.1. The first-order valence-electron chi connectivity index (χ1n) is 9.54. The summed E-state index contributed by atoms with van der Waals surface area (Å²) < 4.78 is 1.91. The average molecular weight is 376 g/mol. The Kier molecular flexibility index (Phi) is 4.22. The van der Waals surface area contributed by atoms with Gasteiger partial charge in [-0.1, -0.05) is 54.6 Å². The van der Waals surface area contributed by atoms with Crippen LogP contribution < -0.4 is 10.6 Å². The fourth-order valence-electron chi connectivity index (χ4n) is 3.60. The highest BCUT2D eigenvalue weighted by Gasteiger charge is 2.14. The summed E-state index contributed by atoms with van der Waals surface area (Å²) in [6.07, 6.45) is 1.93. The van der Waals surface area contributed by atoms with Gasteiger partial charge in [-0.05, 0) is 48.5 Å². The molecule has 140 valence electrons. The summed E-state index contributed by atoms with van der Waals surface area (Å²) in [6.45, 7) is 0. The lowest BCUT2D eigenvalue weighted by Gasteiger charge is -2.25. The van der Waals surface area contributed by atoms with Gasteiger partial charge < -0.3 is 10.6 Å². The quantitative estimate of drug-likeness (QED) is 0.415. The Balaban J connectivity index is 1.57. The van der Waals surface area contributed by atoms with Gasteiger partial charge in [0.25, 0.3) is 0 Å². The van der Waals surface area contributed by atoms with Crippen molar-refractivity contribution in [3.63, 3.8) is 0 Å². The largest absolute Gasteiger partial charge is 0.383 e. The third-order valence-corrected chi connectivity index (χ3v) is 4.99. The number of nitrogen functional groups attached to an aromatic ring is 1. The van der Waals surface area contributed by atoms with Gasteiger partial charge in [0.15, 0.2) is 0 Å². The van der Waals surface area contributed by atoms with Gasteiger partial charge in [0, 0.05) is 28.8 Å². The van der Waals surface area contributed by atoms with E-state index < -0.39 is 0 Å². The van der Waals surface area contributed by atoms with E-state index in [-0.39, 0.29) is 0 Å². The van der Waals surface area contributed by atoms with Crippen LogP contribution in [0.1, 0.15) is 0 Å². The summed E-state index contributed by atoms with van der Waals surface area (Å²) in [6, 6.07) is 35.0. The number of anilines is 4. The molecule has 5 rings (SSSR count). The Morgan fingerprint density at radius 2 is 1.17 bits per heavy atom. The number of nitrogens with two attached hydrogens (primary N) is 1. The molecule has 0 fully saturated rings. The van der Waals surface area contributed by atoms with E-state index in [2.05, 4.69) is 77.7 Å². The van der Waals surface area contributed by atoms with Crippen LogP contribution in [-0.2, 0) is 0 Å². The molecule has 2 heterocycles. The summed E-state index contributed by atoms with van der Waals surface area (Å²) in [7, 11) is 0. The van der Waals surface area contributed by atoms with Crippen molar-refractivity contribution in [2.75, 3.05) is 10.6 Å². The van der Waals surface area contributed by atoms with Gasteiger partial charge in [-0.2, -0.15) is 0 Å². The molecule has 29 heavy (non-hydrogen) atoms. The van der Waals surface area contributed by atoms with E-state index in [9.17, 15) is 0 Å². The molecule has 0 spiro atoms. The van der Waals surface area contributed by atoms with E-state index in [4.69, 9.17) is 10.7 Å². The predicted molar refractivity (Wildman–Crippen MR) is 120 cm³/mol. The first-order chi connectivity index (χ1) is 14.3. The van der Waals surface area contributed by atoms with Crippen molar-refractivity contribution in [2.24, 2.45) is 0 Å². The van der Waals surface area contributed by atoms with E-state index in [0.29, 0.717) is 5.82 Å². The van der Waals surface area contributed by atoms with Crippen molar-refractivity contribution < 1.29 is 0 Å². The molecule has 0 radical (unpaired) electrons. The smallest absolute Gasteiger partial charge is 0.139 e. The molecule has 2 aromatic heterocycles. The number of para-hydroxylation sites is 2. The molecule has 5 aromatic rings. The second-order valence-electron chi connectivity index (χ2n) is 6.83. The molecular formula is C25H20N4. The van der Waals surface area contributed by atoms with Crippen molar-refractivity contribution in [3.8, 4) is 11.3 Å². The van der Waals surface area contributed by atoms with Crippen molar-refractivity contribution >= 4 is 28.5 Å². The van der Waals surface area contributed by atoms with Crippen LogP contribution in [0.25, 0.3) is 16.9 Å². The molecule has 4 heteroatoms. The molecule has 0 atom stereocenters. The number of aromatic nitrogens is 2. The first kappa shape index (κ1) is 17.1. The number of rotatable bonds is 4. The normalized spacial score (nSPS) is 10.9. The van der Waals surface area contributed by atoms with Gasteiger partial charge in [0.2, 0.25) is 0 Å². The Morgan fingerprint density at radius 3 is 1.76 bits per heavy atom. The maximum Gasteiger partial charge on any atom is 0.139 e. The molecule has 4 nitrogen and oxygen atoms in total. The Bertz CT molecular complexity index is 1200. The molecule has 0 aliphatic heterocycles. The number of nitrogens with zero attached hydrogens (tertiary/aromatic N) is 3. The Morgan fingerprint density at radius 1 is 0.621 bits per heavy atom. The summed E-state index contributed by atoms with van der Waals surface area (Å²) in [5.41, 5.74) is 12.3. The third-order valence-electron chi connectivity index (χ3n) is 4.99. The maximum absolute atomic E-state index is 6.34. The third kappa shape index (κ3) is 3.11. The number of imidazole rings is 1. The first-order valence-corrected chi connectivity index (χ1v) is 9.54. The minimum atomic E-state index is 0.649. The summed E-state index contributed by atoms with van der Waals surface area (Å²) >= 11 is 0. The second kappa shape index (κ2) is 7.17. The van der Waals surface area contributed by atoms with Crippen LogP contribution in [0, 0.1) is 0 Å². The van der Waals surface area contributed by atoms with E-state index in [0.717, 1.165) is 34.0 Å². The Hall–Kier alpha value is -4.05. The monoisotopic (exact) mass is 376 g/mol. The zero-order chi connectivity index (χ0) is 19.6. The molecule has 0 unspecified atom stereocenters. The second-order valence-corrected chi connectivity index (χ2v) is 6.83.